The van der Waals surface area contributed by atoms with Gasteiger partial charge in [0.25, 0.3) is 0 Å². The summed E-state index contributed by atoms with van der Waals surface area (Å²) in [4.78, 5) is 4.62. The maximum Gasteiger partial charge on any atom is 0.138 e. The molecule has 4 aromatic heterocycles. The van der Waals surface area contributed by atoms with Crippen molar-refractivity contribution in [3.05, 3.63) is 231 Å². The Morgan fingerprint density at radius 1 is 0.208 bits per heavy atom. The topological polar surface area (TPSA) is 59.0 Å². The zero-order valence-electron chi connectivity index (χ0n) is 38.5. The van der Waals surface area contributed by atoms with Gasteiger partial charge in [-0.2, -0.15) is 0 Å². The van der Waals surface area contributed by atoms with Gasteiger partial charge in [0.1, 0.15) is 44.7 Å². The maximum absolute atomic E-state index is 6.82. The molecule has 0 aliphatic heterocycles. The summed E-state index contributed by atoms with van der Waals surface area (Å²) in [6, 6.07) is 81.1. The molecule has 16 aromatic rings. The normalized spacial score (nSPS) is 12.2. The van der Waals surface area contributed by atoms with Crippen LogP contribution in [0.5, 0.6) is 0 Å². The van der Waals surface area contributed by atoms with Gasteiger partial charge in [-0.1, -0.05) is 121 Å². The molecule has 4 heterocycles. The monoisotopic (exact) mass is 922 g/mol. The quantitative estimate of drug-likeness (QED) is 0.166. The number of rotatable bonds is 6. The van der Waals surface area contributed by atoms with Crippen LogP contribution in [0.1, 0.15) is 0 Å². The predicted octanol–water partition coefficient (Wildman–Crippen LogP) is 19.7. The minimum Gasteiger partial charge on any atom is -0.456 e. The molecule has 72 heavy (non-hydrogen) atoms. The van der Waals surface area contributed by atoms with Crippen LogP contribution in [0.3, 0.4) is 0 Å². The molecule has 336 valence electrons. The van der Waals surface area contributed by atoms with Crippen molar-refractivity contribution in [2.75, 3.05) is 9.80 Å². The number of hydrogen-bond donors (Lipinski definition) is 0. The van der Waals surface area contributed by atoms with Gasteiger partial charge in [-0.25, -0.2) is 0 Å². The highest BCUT2D eigenvalue weighted by Crippen LogP contribution is 2.48. The second-order valence-corrected chi connectivity index (χ2v) is 18.8. The molecule has 6 heteroatoms. The van der Waals surface area contributed by atoms with Crippen LogP contribution in [-0.4, -0.2) is 0 Å². The minimum absolute atomic E-state index is 0.810. The van der Waals surface area contributed by atoms with Crippen molar-refractivity contribution in [2.24, 2.45) is 0 Å². The summed E-state index contributed by atoms with van der Waals surface area (Å²) >= 11 is 0. The summed E-state index contributed by atoms with van der Waals surface area (Å²) in [5.41, 5.74) is 12.8. The molecule has 0 spiro atoms. The highest BCUT2D eigenvalue weighted by molar-refractivity contribution is 6.24. The van der Waals surface area contributed by atoms with Crippen LogP contribution in [0.2, 0.25) is 0 Å². The van der Waals surface area contributed by atoms with Gasteiger partial charge in [-0.05, 0) is 106 Å². The highest BCUT2D eigenvalue weighted by Gasteiger charge is 2.24. The Morgan fingerprint density at radius 3 is 1.01 bits per heavy atom. The van der Waals surface area contributed by atoms with E-state index in [1.54, 1.807) is 0 Å². The van der Waals surface area contributed by atoms with Crippen molar-refractivity contribution < 1.29 is 17.7 Å². The van der Waals surface area contributed by atoms with Gasteiger partial charge < -0.3 is 27.5 Å². The number of nitrogens with zero attached hydrogens (tertiary/aromatic N) is 2. The molecular formula is C66H38N2O4. The predicted molar refractivity (Wildman–Crippen MR) is 297 cm³/mol. The molecule has 0 fully saturated rings. The van der Waals surface area contributed by atoms with E-state index in [-0.39, 0.29) is 0 Å². The Labute approximate surface area is 410 Å². The van der Waals surface area contributed by atoms with Gasteiger partial charge in [0, 0.05) is 101 Å². The number of fused-ring (bicyclic) bond motifs is 17. The molecule has 0 amide bonds. The Balaban J connectivity index is 0.823. The van der Waals surface area contributed by atoms with Crippen LogP contribution in [0.15, 0.2) is 248 Å². The molecule has 0 aliphatic rings. The van der Waals surface area contributed by atoms with E-state index in [4.69, 9.17) is 17.7 Å². The van der Waals surface area contributed by atoms with Crippen LogP contribution in [0, 0.1) is 0 Å². The van der Waals surface area contributed by atoms with Gasteiger partial charge >= 0.3 is 0 Å². The molecule has 0 unspecified atom stereocenters. The number of hydrogen-bond acceptors (Lipinski definition) is 6. The van der Waals surface area contributed by atoms with Gasteiger partial charge in [0.05, 0.1) is 11.4 Å². The average molecular weight is 923 g/mol. The maximum atomic E-state index is 6.82. The lowest BCUT2D eigenvalue weighted by Gasteiger charge is -2.27. The standard InChI is InChI=1S/C66H38N2O4/c1-3-15-41(16-4-1)67(55-37-63-65(49-21-9-7-19-45(49)55)51-23-11-13-25-57(51)69-63)43-27-29-47-53-31-39-34-60-54(32-40(39)33-59(53)71-61(47)35-43)48-30-28-44(36-62(48)72-60)68(42-17-5-2-6-18-42)56-38-64-66(50-22-10-8-20-46(50)56)52-24-12-14-26-58(52)70-64/h1-38H. The first-order valence-corrected chi connectivity index (χ1v) is 24.3. The van der Waals surface area contributed by atoms with E-state index in [2.05, 4.69) is 216 Å². The van der Waals surface area contributed by atoms with Crippen molar-refractivity contribution in [1.82, 2.24) is 0 Å². The lowest BCUT2D eigenvalue weighted by Crippen LogP contribution is -2.10. The van der Waals surface area contributed by atoms with Crippen LogP contribution >= 0.6 is 0 Å². The van der Waals surface area contributed by atoms with Crippen molar-refractivity contribution in [1.29, 1.82) is 0 Å². The first kappa shape index (κ1) is 39.1. The Morgan fingerprint density at radius 2 is 0.569 bits per heavy atom. The average Bonchev–Trinajstić information content (AvgIpc) is 4.20. The van der Waals surface area contributed by atoms with E-state index >= 15 is 0 Å². The number of furan rings is 4. The first-order chi connectivity index (χ1) is 35.7. The largest absolute Gasteiger partial charge is 0.456 e. The van der Waals surface area contributed by atoms with Gasteiger partial charge in [-0.3, -0.25) is 0 Å². The summed E-state index contributed by atoms with van der Waals surface area (Å²) in [6.45, 7) is 0. The summed E-state index contributed by atoms with van der Waals surface area (Å²) in [5, 5.41) is 15.4. The molecule has 6 nitrogen and oxygen atoms in total. The molecule has 0 atom stereocenters. The smallest absolute Gasteiger partial charge is 0.138 e. The highest BCUT2D eigenvalue weighted by atomic mass is 16.3. The van der Waals surface area contributed by atoms with Crippen molar-refractivity contribution in [2.45, 2.75) is 0 Å². The third-order valence-corrected chi connectivity index (χ3v) is 14.7. The van der Waals surface area contributed by atoms with E-state index in [9.17, 15) is 0 Å². The van der Waals surface area contributed by atoms with Gasteiger partial charge in [-0.15, -0.1) is 0 Å². The second kappa shape index (κ2) is 14.9. The summed E-state index contributed by atoms with van der Waals surface area (Å²) in [6.07, 6.45) is 0. The van der Waals surface area contributed by atoms with E-state index in [1.165, 1.54) is 0 Å². The van der Waals surface area contributed by atoms with Crippen molar-refractivity contribution in [3.63, 3.8) is 0 Å². The number of para-hydroxylation sites is 4. The van der Waals surface area contributed by atoms with Crippen molar-refractivity contribution >= 4 is 154 Å². The third-order valence-electron chi connectivity index (χ3n) is 14.7. The summed E-state index contributed by atoms with van der Waals surface area (Å²) < 4.78 is 26.7. The molecule has 0 N–H and O–H groups in total. The fraction of sp³-hybridized carbons (Fsp3) is 0. The van der Waals surface area contributed by atoms with Crippen LogP contribution in [0.25, 0.3) is 120 Å². The fourth-order valence-corrected chi connectivity index (χ4v) is 11.6. The van der Waals surface area contributed by atoms with Crippen LogP contribution in [-0.2, 0) is 0 Å². The minimum atomic E-state index is 0.810. The summed E-state index contributed by atoms with van der Waals surface area (Å²) in [5.74, 6) is 0. The Bertz CT molecular complexity index is 4580. The molecule has 0 radical (unpaired) electrons. The fourth-order valence-electron chi connectivity index (χ4n) is 11.6. The second-order valence-electron chi connectivity index (χ2n) is 18.8. The SMILES string of the molecule is c1ccc(N(c2ccc3c(c2)oc2cc4cc5c(cc4cc23)oc2cc(N(c3ccccc3)c3cc4oc6ccccc6c4c4ccccc34)ccc25)c2cc3oc4ccccc4c3c3ccccc23)cc1. The zero-order valence-corrected chi connectivity index (χ0v) is 38.5. The molecule has 12 aromatic carbocycles. The van der Waals surface area contributed by atoms with Crippen LogP contribution < -0.4 is 9.80 Å². The Kier molecular flexibility index (Phi) is 8.07. The van der Waals surface area contributed by atoms with Gasteiger partial charge in [0.2, 0.25) is 0 Å². The molecule has 0 saturated heterocycles. The molecule has 0 aliphatic carbocycles. The molecule has 16 rings (SSSR count). The third kappa shape index (κ3) is 5.72. The Hall–Kier alpha value is -9.78. The summed E-state index contributed by atoms with van der Waals surface area (Å²) in [7, 11) is 0. The van der Waals surface area contributed by atoms with Gasteiger partial charge in [0.15, 0.2) is 0 Å². The van der Waals surface area contributed by atoms with E-state index < -0.39 is 0 Å². The number of anilines is 6. The number of benzene rings is 12. The lowest BCUT2D eigenvalue weighted by molar-refractivity contribution is 0.668. The lowest BCUT2D eigenvalue weighted by atomic mass is 10.0. The van der Waals surface area contributed by atoms with Crippen molar-refractivity contribution in [3.8, 4) is 0 Å². The molecular weight excluding hydrogens is 885 g/mol. The zero-order chi connectivity index (χ0) is 47.0. The molecule has 0 saturated carbocycles. The first-order valence-electron chi connectivity index (χ1n) is 24.3. The molecule has 0 bridgehead atoms. The van der Waals surface area contributed by atoms with E-state index in [1.807, 2.05) is 24.3 Å². The van der Waals surface area contributed by atoms with Crippen LogP contribution in [0.4, 0.5) is 34.1 Å². The van der Waals surface area contributed by atoms with E-state index in [0.717, 1.165) is 154 Å². The van der Waals surface area contributed by atoms with E-state index in [0.29, 0.717) is 0 Å².